The molecule has 0 saturated carbocycles. The van der Waals surface area contributed by atoms with Gasteiger partial charge in [-0.2, -0.15) is 0 Å². The molecule has 21 heavy (non-hydrogen) atoms. The van der Waals surface area contributed by atoms with Crippen molar-refractivity contribution >= 4 is 11.6 Å². The Morgan fingerprint density at radius 3 is 2.81 bits per heavy atom. The lowest BCUT2D eigenvalue weighted by molar-refractivity contribution is 0.102. The summed E-state index contributed by atoms with van der Waals surface area (Å²) in [6.07, 6.45) is 6.24. The number of hydrogen-bond donors (Lipinski definition) is 1. The highest BCUT2D eigenvalue weighted by atomic mass is 16.1. The second-order valence-electron chi connectivity index (χ2n) is 5.59. The Morgan fingerprint density at radius 1 is 1.19 bits per heavy atom. The number of rotatable bonds is 2. The molecular formula is C17H19N3O. The average Bonchev–Trinajstić information content (AvgIpc) is 2.50. The minimum Gasteiger partial charge on any atom is -0.319 e. The fraction of sp³-hybridized carbons (Fsp3) is 0.353. The maximum absolute atomic E-state index is 12.2. The Morgan fingerprint density at radius 2 is 2.00 bits per heavy atom. The maximum Gasteiger partial charge on any atom is 0.274 e. The summed E-state index contributed by atoms with van der Waals surface area (Å²) in [4.78, 5) is 21.0. The fourth-order valence-electron chi connectivity index (χ4n) is 2.61. The summed E-state index contributed by atoms with van der Waals surface area (Å²) in [7, 11) is 0. The average molecular weight is 281 g/mol. The highest BCUT2D eigenvalue weighted by molar-refractivity contribution is 6.02. The highest BCUT2D eigenvalue weighted by Gasteiger charge is 2.13. The SMILES string of the molecule is Cc1ccc(C(=O)Nc2cnc3c(c2)CCCC3)nc1C. The molecule has 0 radical (unpaired) electrons. The number of hydrogen-bond acceptors (Lipinski definition) is 3. The predicted molar refractivity (Wildman–Crippen MR) is 82.5 cm³/mol. The van der Waals surface area contributed by atoms with Gasteiger partial charge in [-0.1, -0.05) is 6.07 Å². The number of nitrogens with one attached hydrogen (secondary N) is 1. The van der Waals surface area contributed by atoms with Gasteiger partial charge in [-0.3, -0.25) is 9.78 Å². The van der Waals surface area contributed by atoms with Gasteiger partial charge in [-0.15, -0.1) is 0 Å². The van der Waals surface area contributed by atoms with Crippen LogP contribution in [0.25, 0.3) is 0 Å². The van der Waals surface area contributed by atoms with Gasteiger partial charge in [0.25, 0.3) is 5.91 Å². The summed E-state index contributed by atoms with van der Waals surface area (Å²) < 4.78 is 0. The van der Waals surface area contributed by atoms with Gasteiger partial charge in [-0.05, 0) is 62.8 Å². The van der Waals surface area contributed by atoms with E-state index in [0.717, 1.165) is 29.8 Å². The second kappa shape index (κ2) is 5.64. The molecule has 0 spiro atoms. The minimum atomic E-state index is -0.185. The molecule has 2 aromatic heterocycles. The van der Waals surface area contributed by atoms with Crippen LogP contribution in [0.5, 0.6) is 0 Å². The molecule has 1 aliphatic carbocycles. The van der Waals surface area contributed by atoms with Gasteiger partial charge in [-0.25, -0.2) is 4.98 Å². The zero-order valence-corrected chi connectivity index (χ0v) is 12.4. The van der Waals surface area contributed by atoms with Crippen LogP contribution in [0.1, 0.15) is 45.8 Å². The van der Waals surface area contributed by atoms with E-state index in [1.165, 1.54) is 24.1 Å². The standard InChI is InChI=1S/C17H19N3O/c1-11-7-8-16(19-12(11)2)17(21)20-14-9-13-5-3-4-6-15(13)18-10-14/h7-10H,3-6H2,1-2H3,(H,20,21). The summed E-state index contributed by atoms with van der Waals surface area (Å²) in [5.74, 6) is -0.185. The number of anilines is 1. The monoisotopic (exact) mass is 281 g/mol. The van der Waals surface area contributed by atoms with E-state index in [1.54, 1.807) is 12.3 Å². The number of aryl methyl sites for hydroxylation is 4. The van der Waals surface area contributed by atoms with Crippen molar-refractivity contribution in [1.29, 1.82) is 0 Å². The minimum absolute atomic E-state index is 0.185. The van der Waals surface area contributed by atoms with Crippen molar-refractivity contribution in [1.82, 2.24) is 9.97 Å². The summed E-state index contributed by atoms with van der Waals surface area (Å²) in [5.41, 5.74) is 5.58. The zero-order chi connectivity index (χ0) is 14.8. The predicted octanol–water partition coefficient (Wildman–Crippen LogP) is 3.22. The summed E-state index contributed by atoms with van der Waals surface area (Å²) in [5, 5.41) is 2.89. The molecule has 108 valence electrons. The molecule has 0 saturated heterocycles. The summed E-state index contributed by atoms with van der Waals surface area (Å²) in [6.45, 7) is 3.89. The smallest absolute Gasteiger partial charge is 0.274 e. The van der Waals surface area contributed by atoms with Gasteiger partial charge < -0.3 is 5.32 Å². The van der Waals surface area contributed by atoms with E-state index < -0.39 is 0 Å². The summed E-state index contributed by atoms with van der Waals surface area (Å²) in [6, 6.07) is 5.71. The third-order valence-corrected chi connectivity index (χ3v) is 4.01. The van der Waals surface area contributed by atoms with E-state index in [1.807, 2.05) is 26.0 Å². The fourth-order valence-corrected chi connectivity index (χ4v) is 2.61. The van der Waals surface area contributed by atoms with Crippen LogP contribution in [0.3, 0.4) is 0 Å². The van der Waals surface area contributed by atoms with Gasteiger partial charge in [0, 0.05) is 11.4 Å². The van der Waals surface area contributed by atoms with Gasteiger partial charge in [0.1, 0.15) is 5.69 Å². The molecule has 2 aromatic rings. The first-order valence-electron chi connectivity index (χ1n) is 7.37. The molecule has 0 bridgehead atoms. The Bertz CT molecular complexity index is 694. The lowest BCUT2D eigenvalue weighted by Crippen LogP contribution is -2.15. The first-order chi connectivity index (χ1) is 10.1. The number of fused-ring (bicyclic) bond motifs is 1. The van der Waals surface area contributed by atoms with Crippen LogP contribution in [-0.4, -0.2) is 15.9 Å². The molecule has 0 unspecified atom stereocenters. The molecule has 2 heterocycles. The van der Waals surface area contributed by atoms with E-state index in [-0.39, 0.29) is 5.91 Å². The molecule has 1 aliphatic rings. The molecule has 0 aromatic carbocycles. The quantitative estimate of drug-likeness (QED) is 0.919. The van der Waals surface area contributed by atoms with Gasteiger partial charge >= 0.3 is 0 Å². The van der Waals surface area contributed by atoms with Gasteiger partial charge in [0.15, 0.2) is 0 Å². The van der Waals surface area contributed by atoms with Crippen LogP contribution >= 0.6 is 0 Å². The van der Waals surface area contributed by atoms with Crippen LogP contribution in [0.4, 0.5) is 5.69 Å². The lowest BCUT2D eigenvalue weighted by atomic mass is 9.96. The molecule has 3 rings (SSSR count). The van der Waals surface area contributed by atoms with Crippen molar-refractivity contribution in [3.05, 3.63) is 52.6 Å². The molecule has 1 N–H and O–H groups in total. The zero-order valence-electron chi connectivity index (χ0n) is 12.4. The largest absolute Gasteiger partial charge is 0.319 e. The van der Waals surface area contributed by atoms with E-state index in [4.69, 9.17) is 0 Å². The first-order valence-corrected chi connectivity index (χ1v) is 7.37. The Hall–Kier alpha value is -2.23. The van der Waals surface area contributed by atoms with Crippen molar-refractivity contribution < 1.29 is 4.79 Å². The third-order valence-electron chi connectivity index (χ3n) is 4.01. The van der Waals surface area contributed by atoms with Crippen molar-refractivity contribution in [3.8, 4) is 0 Å². The normalized spacial score (nSPS) is 13.6. The Kier molecular flexibility index (Phi) is 3.69. The number of pyridine rings is 2. The third kappa shape index (κ3) is 2.94. The molecule has 1 amide bonds. The van der Waals surface area contributed by atoms with Crippen LogP contribution in [0, 0.1) is 13.8 Å². The van der Waals surface area contributed by atoms with E-state index >= 15 is 0 Å². The van der Waals surface area contributed by atoms with Crippen LogP contribution in [-0.2, 0) is 12.8 Å². The van der Waals surface area contributed by atoms with Crippen LogP contribution < -0.4 is 5.32 Å². The van der Waals surface area contributed by atoms with E-state index in [2.05, 4.69) is 15.3 Å². The molecule has 0 fully saturated rings. The Balaban J connectivity index is 1.79. The van der Waals surface area contributed by atoms with Crippen LogP contribution in [0.2, 0.25) is 0 Å². The summed E-state index contributed by atoms with van der Waals surface area (Å²) >= 11 is 0. The highest BCUT2D eigenvalue weighted by Crippen LogP contribution is 2.22. The van der Waals surface area contributed by atoms with E-state index in [0.29, 0.717) is 5.69 Å². The van der Waals surface area contributed by atoms with Crippen molar-refractivity contribution in [2.24, 2.45) is 0 Å². The number of carbonyl (C=O) groups excluding carboxylic acids is 1. The molecule has 0 atom stereocenters. The molecule has 4 heteroatoms. The number of carbonyl (C=O) groups is 1. The molecule has 4 nitrogen and oxygen atoms in total. The van der Waals surface area contributed by atoms with Crippen molar-refractivity contribution in [2.75, 3.05) is 5.32 Å². The van der Waals surface area contributed by atoms with E-state index in [9.17, 15) is 4.79 Å². The van der Waals surface area contributed by atoms with Crippen molar-refractivity contribution in [3.63, 3.8) is 0 Å². The van der Waals surface area contributed by atoms with Crippen molar-refractivity contribution in [2.45, 2.75) is 39.5 Å². The topological polar surface area (TPSA) is 54.9 Å². The molecular weight excluding hydrogens is 262 g/mol. The number of amides is 1. The second-order valence-corrected chi connectivity index (χ2v) is 5.59. The Labute approximate surface area is 124 Å². The van der Waals surface area contributed by atoms with Gasteiger partial charge in [0.05, 0.1) is 11.9 Å². The molecule has 0 aliphatic heterocycles. The number of aromatic nitrogens is 2. The first kappa shape index (κ1) is 13.7. The maximum atomic E-state index is 12.2. The lowest BCUT2D eigenvalue weighted by Gasteiger charge is -2.15. The van der Waals surface area contributed by atoms with Gasteiger partial charge in [0.2, 0.25) is 0 Å². The van der Waals surface area contributed by atoms with Crippen LogP contribution in [0.15, 0.2) is 24.4 Å². The number of nitrogens with zero attached hydrogens (tertiary/aromatic N) is 2.